The SMILES string of the molecule is CN(C(=O)Cc1ccc(F)cc1)C(C)(C)CBr. The number of carbonyl (C=O) groups excluding carboxylic acids is 1. The van der Waals surface area contributed by atoms with E-state index in [0.717, 1.165) is 5.56 Å². The largest absolute Gasteiger partial charge is 0.340 e. The molecule has 0 saturated heterocycles. The van der Waals surface area contributed by atoms with Crippen molar-refractivity contribution in [3.63, 3.8) is 0 Å². The number of alkyl halides is 1. The smallest absolute Gasteiger partial charge is 0.227 e. The first-order valence-corrected chi connectivity index (χ1v) is 6.56. The summed E-state index contributed by atoms with van der Waals surface area (Å²) in [5.41, 5.74) is 0.602. The molecule has 0 radical (unpaired) electrons. The second kappa shape index (κ2) is 5.63. The molecule has 0 aromatic heterocycles. The molecule has 1 rings (SSSR count). The lowest BCUT2D eigenvalue weighted by Gasteiger charge is -2.34. The van der Waals surface area contributed by atoms with E-state index in [9.17, 15) is 9.18 Å². The van der Waals surface area contributed by atoms with E-state index in [1.54, 1.807) is 24.1 Å². The number of benzene rings is 1. The zero-order chi connectivity index (χ0) is 13.1. The van der Waals surface area contributed by atoms with Crippen LogP contribution < -0.4 is 0 Å². The van der Waals surface area contributed by atoms with Gasteiger partial charge in [-0.05, 0) is 31.5 Å². The molecule has 0 aliphatic rings. The molecule has 0 aliphatic heterocycles. The normalized spacial score (nSPS) is 11.4. The number of likely N-dealkylation sites (N-methyl/N-ethyl adjacent to an activating group) is 1. The fourth-order valence-corrected chi connectivity index (χ4v) is 1.70. The van der Waals surface area contributed by atoms with Crippen LogP contribution in [0.1, 0.15) is 19.4 Å². The summed E-state index contributed by atoms with van der Waals surface area (Å²) in [6.07, 6.45) is 0.299. The van der Waals surface area contributed by atoms with Crippen LogP contribution in [0.25, 0.3) is 0 Å². The monoisotopic (exact) mass is 301 g/mol. The van der Waals surface area contributed by atoms with Gasteiger partial charge in [-0.25, -0.2) is 4.39 Å². The molecular weight excluding hydrogens is 285 g/mol. The number of carbonyl (C=O) groups is 1. The van der Waals surface area contributed by atoms with Crippen LogP contribution in [0.5, 0.6) is 0 Å². The zero-order valence-corrected chi connectivity index (χ0v) is 11.9. The van der Waals surface area contributed by atoms with Gasteiger partial charge in [0.05, 0.1) is 6.42 Å². The van der Waals surface area contributed by atoms with Crippen molar-refractivity contribution in [1.29, 1.82) is 0 Å². The van der Waals surface area contributed by atoms with Crippen molar-refractivity contribution in [3.8, 4) is 0 Å². The third-order valence-corrected chi connectivity index (χ3v) is 4.25. The molecule has 4 heteroatoms. The van der Waals surface area contributed by atoms with Gasteiger partial charge in [0, 0.05) is 17.9 Å². The Balaban J connectivity index is 2.69. The molecule has 1 aromatic carbocycles. The summed E-state index contributed by atoms with van der Waals surface area (Å²) in [4.78, 5) is 13.7. The Morgan fingerprint density at radius 1 is 1.35 bits per heavy atom. The molecule has 0 saturated carbocycles. The van der Waals surface area contributed by atoms with Gasteiger partial charge in [0.2, 0.25) is 5.91 Å². The van der Waals surface area contributed by atoms with E-state index < -0.39 is 0 Å². The van der Waals surface area contributed by atoms with Crippen LogP contribution in [0, 0.1) is 5.82 Å². The third kappa shape index (κ3) is 3.80. The van der Waals surface area contributed by atoms with Gasteiger partial charge in [-0.3, -0.25) is 4.79 Å². The van der Waals surface area contributed by atoms with Gasteiger partial charge in [-0.1, -0.05) is 28.1 Å². The Hall–Kier alpha value is -0.900. The van der Waals surface area contributed by atoms with Crippen LogP contribution in [-0.4, -0.2) is 28.7 Å². The van der Waals surface area contributed by atoms with E-state index >= 15 is 0 Å². The third-order valence-electron chi connectivity index (χ3n) is 2.88. The van der Waals surface area contributed by atoms with Gasteiger partial charge in [0.1, 0.15) is 5.82 Å². The molecule has 0 heterocycles. The van der Waals surface area contributed by atoms with E-state index in [0.29, 0.717) is 11.8 Å². The molecule has 2 nitrogen and oxygen atoms in total. The van der Waals surface area contributed by atoms with Crippen LogP contribution in [0.15, 0.2) is 24.3 Å². The summed E-state index contributed by atoms with van der Waals surface area (Å²) < 4.78 is 12.7. The molecule has 0 atom stereocenters. The number of rotatable bonds is 4. The fourth-order valence-electron chi connectivity index (χ4n) is 1.32. The first-order chi connectivity index (χ1) is 7.86. The van der Waals surface area contributed by atoms with E-state index in [1.807, 2.05) is 13.8 Å². The first kappa shape index (κ1) is 14.2. The number of hydrogen-bond acceptors (Lipinski definition) is 1. The number of hydrogen-bond donors (Lipinski definition) is 0. The van der Waals surface area contributed by atoms with Crippen LogP contribution in [-0.2, 0) is 11.2 Å². The van der Waals surface area contributed by atoms with Crippen molar-refractivity contribution in [2.24, 2.45) is 0 Å². The minimum Gasteiger partial charge on any atom is -0.340 e. The van der Waals surface area contributed by atoms with Crippen LogP contribution >= 0.6 is 15.9 Å². The van der Waals surface area contributed by atoms with Gasteiger partial charge in [0.25, 0.3) is 0 Å². The second-order valence-corrected chi connectivity index (χ2v) is 5.26. The molecule has 1 amide bonds. The lowest BCUT2D eigenvalue weighted by Crippen LogP contribution is -2.46. The number of nitrogens with zero attached hydrogens (tertiary/aromatic N) is 1. The Morgan fingerprint density at radius 2 is 1.88 bits per heavy atom. The Morgan fingerprint density at radius 3 is 2.35 bits per heavy atom. The highest BCUT2D eigenvalue weighted by Gasteiger charge is 2.26. The van der Waals surface area contributed by atoms with Crippen molar-refractivity contribution < 1.29 is 9.18 Å². The quantitative estimate of drug-likeness (QED) is 0.783. The molecule has 0 aliphatic carbocycles. The molecule has 94 valence electrons. The molecule has 1 aromatic rings. The van der Waals surface area contributed by atoms with Crippen LogP contribution in [0.3, 0.4) is 0 Å². The van der Waals surface area contributed by atoms with Crippen molar-refractivity contribution in [1.82, 2.24) is 4.90 Å². The summed E-state index contributed by atoms with van der Waals surface area (Å²) in [6.45, 7) is 3.98. The van der Waals surface area contributed by atoms with Crippen molar-refractivity contribution in [3.05, 3.63) is 35.6 Å². The molecule has 0 spiro atoms. The fraction of sp³-hybridized carbons (Fsp3) is 0.462. The summed E-state index contributed by atoms with van der Waals surface area (Å²) in [6, 6.07) is 6.03. The average Bonchev–Trinajstić information content (AvgIpc) is 2.31. The molecule has 0 bridgehead atoms. The maximum Gasteiger partial charge on any atom is 0.227 e. The van der Waals surface area contributed by atoms with Crippen LogP contribution in [0.4, 0.5) is 4.39 Å². The Labute approximate surface area is 110 Å². The summed E-state index contributed by atoms with van der Waals surface area (Å²) in [5.74, 6) is -0.253. The van der Waals surface area contributed by atoms with Gasteiger partial charge < -0.3 is 4.90 Å². The minimum atomic E-state index is -0.282. The minimum absolute atomic E-state index is 0.0288. The Bertz CT molecular complexity index is 389. The maximum atomic E-state index is 12.7. The van der Waals surface area contributed by atoms with Gasteiger partial charge >= 0.3 is 0 Å². The highest BCUT2D eigenvalue weighted by molar-refractivity contribution is 9.09. The summed E-state index contributed by atoms with van der Waals surface area (Å²) in [5, 5.41) is 0.714. The predicted molar refractivity (Wildman–Crippen MR) is 70.7 cm³/mol. The second-order valence-electron chi connectivity index (χ2n) is 4.70. The predicted octanol–water partition coefficient (Wildman–Crippen LogP) is 3.00. The van der Waals surface area contributed by atoms with Gasteiger partial charge in [0.15, 0.2) is 0 Å². The van der Waals surface area contributed by atoms with E-state index in [1.165, 1.54) is 12.1 Å². The zero-order valence-electron chi connectivity index (χ0n) is 10.3. The van der Waals surface area contributed by atoms with Crippen molar-refractivity contribution >= 4 is 21.8 Å². The van der Waals surface area contributed by atoms with E-state index in [-0.39, 0.29) is 17.3 Å². The van der Waals surface area contributed by atoms with Crippen molar-refractivity contribution in [2.45, 2.75) is 25.8 Å². The molecule has 17 heavy (non-hydrogen) atoms. The van der Waals surface area contributed by atoms with Gasteiger partial charge in [-0.15, -0.1) is 0 Å². The molecular formula is C13H17BrFNO. The number of amides is 1. The molecule has 0 unspecified atom stereocenters. The molecule has 0 N–H and O–H groups in total. The lowest BCUT2D eigenvalue weighted by molar-refractivity contribution is -0.133. The highest BCUT2D eigenvalue weighted by atomic mass is 79.9. The maximum absolute atomic E-state index is 12.7. The topological polar surface area (TPSA) is 20.3 Å². The average molecular weight is 302 g/mol. The summed E-state index contributed by atoms with van der Waals surface area (Å²) >= 11 is 3.39. The Kier molecular flexibility index (Phi) is 4.69. The van der Waals surface area contributed by atoms with Crippen molar-refractivity contribution in [2.75, 3.05) is 12.4 Å². The molecule has 0 fully saturated rings. The van der Waals surface area contributed by atoms with E-state index in [2.05, 4.69) is 15.9 Å². The standard InChI is InChI=1S/C13H17BrFNO/c1-13(2,9-14)16(3)12(17)8-10-4-6-11(15)7-5-10/h4-7H,8-9H2,1-3H3. The number of halogens is 2. The summed E-state index contributed by atoms with van der Waals surface area (Å²) in [7, 11) is 1.78. The van der Waals surface area contributed by atoms with Gasteiger partial charge in [-0.2, -0.15) is 0 Å². The van der Waals surface area contributed by atoms with E-state index in [4.69, 9.17) is 0 Å². The van der Waals surface area contributed by atoms with Crippen LogP contribution in [0.2, 0.25) is 0 Å². The first-order valence-electron chi connectivity index (χ1n) is 5.44. The lowest BCUT2D eigenvalue weighted by atomic mass is 10.0. The highest BCUT2D eigenvalue weighted by Crippen LogP contribution is 2.16.